The largest absolute Gasteiger partial charge is 0.299 e. The summed E-state index contributed by atoms with van der Waals surface area (Å²) in [4.78, 5) is 2.26. The standard InChI is InChI=1S/C7H15Cl2N/c1-7(2)10(5-3-8)6-4-9/h7H,3-6H2,1-2H3. The normalized spacial score (nSPS) is 11.4. The molecule has 0 radical (unpaired) electrons. The molecule has 0 fully saturated rings. The zero-order chi connectivity index (χ0) is 7.98. The molecule has 3 heteroatoms. The fraction of sp³-hybridized carbons (Fsp3) is 1.00. The fourth-order valence-corrected chi connectivity index (χ4v) is 1.28. The first-order chi connectivity index (χ1) is 4.72. The van der Waals surface area contributed by atoms with Crippen LogP contribution in [-0.4, -0.2) is 35.8 Å². The Hall–Kier alpha value is 0.540. The molecule has 0 atom stereocenters. The predicted octanol–water partition coefficient (Wildman–Crippen LogP) is 2.17. The van der Waals surface area contributed by atoms with Gasteiger partial charge in [-0.3, -0.25) is 4.90 Å². The predicted molar refractivity (Wildman–Crippen MR) is 48.1 cm³/mol. The molecule has 0 aromatic carbocycles. The third-order valence-electron chi connectivity index (χ3n) is 1.47. The van der Waals surface area contributed by atoms with E-state index in [4.69, 9.17) is 23.2 Å². The number of alkyl halides is 2. The van der Waals surface area contributed by atoms with Gasteiger partial charge in [-0.2, -0.15) is 0 Å². The SMILES string of the molecule is CC(C)N(CCCl)CCCl. The van der Waals surface area contributed by atoms with Crippen molar-refractivity contribution in [1.82, 2.24) is 4.90 Å². The van der Waals surface area contributed by atoms with Crippen LogP contribution in [0.2, 0.25) is 0 Å². The van der Waals surface area contributed by atoms with Crippen LogP contribution in [0.1, 0.15) is 13.8 Å². The highest BCUT2D eigenvalue weighted by Crippen LogP contribution is 1.98. The lowest BCUT2D eigenvalue weighted by Crippen LogP contribution is -2.34. The third-order valence-corrected chi connectivity index (χ3v) is 1.81. The first-order valence-electron chi connectivity index (χ1n) is 3.58. The van der Waals surface area contributed by atoms with E-state index in [2.05, 4.69) is 18.7 Å². The number of rotatable bonds is 5. The molecule has 0 heterocycles. The molecule has 10 heavy (non-hydrogen) atoms. The summed E-state index contributed by atoms with van der Waals surface area (Å²) in [6.07, 6.45) is 0. The van der Waals surface area contributed by atoms with E-state index >= 15 is 0 Å². The van der Waals surface area contributed by atoms with Crippen molar-refractivity contribution in [1.29, 1.82) is 0 Å². The van der Waals surface area contributed by atoms with Gasteiger partial charge in [-0.05, 0) is 13.8 Å². The molecule has 0 aromatic heterocycles. The lowest BCUT2D eigenvalue weighted by Gasteiger charge is -2.23. The maximum Gasteiger partial charge on any atom is 0.0351 e. The Morgan fingerprint density at radius 1 is 1.10 bits per heavy atom. The van der Waals surface area contributed by atoms with Crippen LogP contribution in [0, 0.1) is 0 Å². The number of hydrogen-bond acceptors (Lipinski definition) is 1. The highest BCUT2D eigenvalue weighted by Gasteiger charge is 2.06. The van der Waals surface area contributed by atoms with Crippen molar-refractivity contribution < 1.29 is 0 Å². The highest BCUT2D eigenvalue weighted by molar-refractivity contribution is 6.18. The van der Waals surface area contributed by atoms with Crippen molar-refractivity contribution in [2.24, 2.45) is 0 Å². The van der Waals surface area contributed by atoms with E-state index in [1.54, 1.807) is 0 Å². The van der Waals surface area contributed by atoms with Crippen molar-refractivity contribution in [3.8, 4) is 0 Å². The minimum Gasteiger partial charge on any atom is -0.299 e. The summed E-state index contributed by atoms with van der Waals surface area (Å²) in [5.74, 6) is 1.38. The second-order valence-electron chi connectivity index (χ2n) is 2.51. The molecule has 0 unspecified atom stereocenters. The van der Waals surface area contributed by atoms with Crippen LogP contribution in [0.4, 0.5) is 0 Å². The van der Waals surface area contributed by atoms with Gasteiger partial charge < -0.3 is 0 Å². The van der Waals surface area contributed by atoms with Gasteiger partial charge in [0.15, 0.2) is 0 Å². The van der Waals surface area contributed by atoms with E-state index in [1.165, 1.54) is 0 Å². The number of halogens is 2. The molecule has 0 saturated heterocycles. The monoisotopic (exact) mass is 183 g/mol. The van der Waals surface area contributed by atoms with Crippen molar-refractivity contribution >= 4 is 23.2 Å². The van der Waals surface area contributed by atoms with Gasteiger partial charge in [0.05, 0.1) is 0 Å². The van der Waals surface area contributed by atoms with E-state index < -0.39 is 0 Å². The second-order valence-corrected chi connectivity index (χ2v) is 3.26. The molecule has 0 aromatic rings. The van der Waals surface area contributed by atoms with Gasteiger partial charge in [0.2, 0.25) is 0 Å². The summed E-state index contributed by atoms with van der Waals surface area (Å²) in [5, 5.41) is 0. The summed E-state index contributed by atoms with van der Waals surface area (Å²) in [5.41, 5.74) is 0. The van der Waals surface area contributed by atoms with E-state index in [9.17, 15) is 0 Å². The number of hydrogen-bond donors (Lipinski definition) is 0. The lowest BCUT2D eigenvalue weighted by molar-refractivity contribution is 0.249. The van der Waals surface area contributed by atoms with Gasteiger partial charge in [-0.1, -0.05) is 0 Å². The van der Waals surface area contributed by atoms with Crippen molar-refractivity contribution in [2.45, 2.75) is 19.9 Å². The van der Waals surface area contributed by atoms with Crippen molar-refractivity contribution in [2.75, 3.05) is 24.8 Å². The van der Waals surface area contributed by atoms with Gasteiger partial charge in [-0.15, -0.1) is 23.2 Å². The molecular formula is C7H15Cl2N. The molecule has 0 spiro atoms. The summed E-state index contributed by atoms with van der Waals surface area (Å²) >= 11 is 11.2. The Morgan fingerprint density at radius 2 is 1.50 bits per heavy atom. The maximum absolute atomic E-state index is 5.59. The Morgan fingerprint density at radius 3 is 1.70 bits per heavy atom. The number of nitrogens with zero attached hydrogens (tertiary/aromatic N) is 1. The third kappa shape index (κ3) is 4.37. The highest BCUT2D eigenvalue weighted by atomic mass is 35.5. The van der Waals surface area contributed by atoms with Crippen LogP contribution in [0.5, 0.6) is 0 Å². The van der Waals surface area contributed by atoms with Crippen LogP contribution in [-0.2, 0) is 0 Å². The molecule has 0 amide bonds. The van der Waals surface area contributed by atoms with E-state index in [1.807, 2.05) is 0 Å². The summed E-state index contributed by atoms with van der Waals surface area (Å²) in [7, 11) is 0. The Bertz CT molecular complexity index is 70.0. The molecule has 0 aliphatic rings. The minimum atomic E-state index is 0.553. The van der Waals surface area contributed by atoms with Gasteiger partial charge >= 0.3 is 0 Å². The van der Waals surface area contributed by atoms with Crippen LogP contribution in [0.25, 0.3) is 0 Å². The minimum absolute atomic E-state index is 0.553. The van der Waals surface area contributed by atoms with E-state index in [0.717, 1.165) is 13.1 Å². The molecule has 0 aliphatic heterocycles. The molecule has 0 saturated carbocycles. The lowest BCUT2D eigenvalue weighted by atomic mass is 10.3. The average Bonchev–Trinajstić information content (AvgIpc) is 1.87. The first-order valence-corrected chi connectivity index (χ1v) is 4.65. The zero-order valence-corrected chi connectivity index (χ0v) is 8.12. The second kappa shape index (κ2) is 6.26. The molecule has 1 nitrogen and oxygen atoms in total. The van der Waals surface area contributed by atoms with Crippen LogP contribution >= 0.6 is 23.2 Å². The van der Waals surface area contributed by atoms with Crippen LogP contribution in [0.15, 0.2) is 0 Å². The first kappa shape index (κ1) is 10.5. The van der Waals surface area contributed by atoms with Crippen LogP contribution < -0.4 is 0 Å². The Kier molecular flexibility index (Phi) is 6.60. The maximum atomic E-state index is 5.59. The topological polar surface area (TPSA) is 3.24 Å². The quantitative estimate of drug-likeness (QED) is 0.592. The molecular weight excluding hydrogens is 169 g/mol. The zero-order valence-electron chi connectivity index (χ0n) is 6.61. The average molecular weight is 184 g/mol. The molecule has 0 N–H and O–H groups in total. The molecule has 62 valence electrons. The van der Waals surface area contributed by atoms with Gasteiger partial charge in [0, 0.05) is 30.9 Å². The Balaban J connectivity index is 3.50. The van der Waals surface area contributed by atoms with Gasteiger partial charge in [0.25, 0.3) is 0 Å². The van der Waals surface area contributed by atoms with E-state index in [-0.39, 0.29) is 0 Å². The molecule has 0 aliphatic carbocycles. The molecule has 0 bridgehead atoms. The summed E-state index contributed by atoms with van der Waals surface area (Å²) in [6.45, 7) is 6.18. The molecule has 0 rings (SSSR count). The smallest absolute Gasteiger partial charge is 0.0351 e. The van der Waals surface area contributed by atoms with Crippen molar-refractivity contribution in [3.63, 3.8) is 0 Å². The van der Waals surface area contributed by atoms with Crippen LogP contribution in [0.3, 0.4) is 0 Å². The van der Waals surface area contributed by atoms with Gasteiger partial charge in [-0.25, -0.2) is 0 Å². The summed E-state index contributed by atoms with van der Waals surface area (Å²) < 4.78 is 0. The van der Waals surface area contributed by atoms with E-state index in [0.29, 0.717) is 17.8 Å². The Labute approximate surface area is 73.3 Å². The van der Waals surface area contributed by atoms with Gasteiger partial charge in [0.1, 0.15) is 0 Å². The fourth-order valence-electron chi connectivity index (χ4n) is 0.845. The van der Waals surface area contributed by atoms with Crippen molar-refractivity contribution in [3.05, 3.63) is 0 Å². The summed E-state index contributed by atoms with van der Waals surface area (Å²) in [6, 6.07) is 0.553.